The van der Waals surface area contributed by atoms with Crippen LogP contribution in [-0.2, 0) is 16.5 Å². The van der Waals surface area contributed by atoms with Crippen molar-refractivity contribution in [3.63, 3.8) is 0 Å². The Balaban J connectivity index is 0.000000354. The summed E-state index contributed by atoms with van der Waals surface area (Å²) in [6, 6.07) is 1.03. The SMILES string of the molecule is CCN1CC[C@@H](N)[C@H]1C.[Cl][Pt][Cl]. The second kappa shape index (κ2) is 7.58. The van der Waals surface area contributed by atoms with E-state index in [2.05, 4.69) is 18.7 Å². The van der Waals surface area contributed by atoms with Gasteiger partial charge in [0.25, 0.3) is 0 Å². The van der Waals surface area contributed by atoms with E-state index in [0.29, 0.717) is 12.1 Å². The van der Waals surface area contributed by atoms with E-state index in [1.807, 2.05) is 0 Å². The predicted octanol–water partition coefficient (Wildman–Crippen LogP) is 1.80. The summed E-state index contributed by atoms with van der Waals surface area (Å²) in [6.45, 7) is 6.74. The molecule has 2 N–H and O–H groups in total. The summed E-state index contributed by atoms with van der Waals surface area (Å²) >= 11 is -0.472. The van der Waals surface area contributed by atoms with Gasteiger partial charge in [0.2, 0.25) is 0 Å². The summed E-state index contributed by atoms with van der Waals surface area (Å²) in [5.74, 6) is 0. The number of likely N-dealkylation sites (N-methyl/N-ethyl adjacent to an activating group) is 1. The summed E-state index contributed by atoms with van der Waals surface area (Å²) < 4.78 is 0. The molecule has 12 heavy (non-hydrogen) atoms. The average Bonchev–Trinajstić information content (AvgIpc) is 2.35. The molecule has 5 heteroatoms. The van der Waals surface area contributed by atoms with Gasteiger partial charge in [0.15, 0.2) is 0 Å². The van der Waals surface area contributed by atoms with Crippen LogP contribution in [0.1, 0.15) is 20.3 Å². The van der Waals surface area contributed by atoms with Gasteiger partial charge in [0.1, 0.15) is 0 Å². The van der Waals surface area contributed by atoms with Crippen molar-refractivity contribution in [2.45, 2.75) is 32.4 Å². The minimum atomic E-state index is -0.472. The molecule has 0 aromatic carbocycles. The van der Waals surface area contributed by atoms with E-state index in [0.717, 1.165) is 6.54 Å². The van der Waals surface area contributed by atoms with Gasteiger partial charge in [-0.15, -0.1) is 0 Å². The van der Waals surface area contributed by atoms with E-state index in [9.17, 15) is 0 Å². The molecule has 1 rings (SSSR count). The van der Waals surface area contributed by atoms with E-state index in [4.69, 9.17) is 24.6 Å². The first-order valence-electron chi connectivity index (χ1n) is 3.99. The maximum absolute atomic E-state index is 5.80. The van der Waals surface area contributed by atoms with Crippen LogP contribution >= 0.6 is 18.8 Å². The molecule has 0 aliphatic carbocycles. The Bertz CT molecular complexity index is 116. The van der Waals surface area contributed by atoms with Crippen LogP contribution in [0.15, 0.2) is 0 Å². The Hall–Kier alpha value is 1.19. The molecule has 2 atom stereocenters. The van der Waals surface area contributed by atoms with Crippen molar-refractivity contribution in [3.8, 4) is 0 Å². The van der Waals surface area contributed by atoms with Crippen molar-refractivity contribution in [2.75, 3.05) is 13.1 Å². The zero-order valence-electron chi connectivity index (χ0n) is 7.37. The third-order valence-electron chi connectivity index (χ3n) is 2.35. The molecule has 1 saturated heterocycles. The van der Waals surface area contributed by atoms with Crippen LogP contribution < -0.4 is 5.73 Å². The van der Waals surface area contributed by atoms with E-state index >= 15 is 0 Å². The standard InChI is InChI=1S/C7H16N2.2ClH.Pt/c1-3-9-5-4-7(8)6(9)2;;;/h6-7H,3-5,8H2,1-2H3;2*1H;/q;;;+2/p-2/t6-,7-;;;/m1.../s1. The van der Waals surface area contributed by atoms with Gasteiger partial charge >= 0.3 is 35.3 Å². The van der Waals surface area contributed by atoms with Gasteiger partial charge in [-0.1, -0.05) is 6.92 Å². The second-order valence-corrected chi connectivity index (χ2v) is 6.15. The van der Waals surface area contributed by atoms with Crippen LogP contribution in [0.25, 0.3) is 0 Å². The van der Waals surface area contributed by atoms with Crippen LogP contribution in [0.3, 0.4) is 0 Å². The van der Waals surface area contributed by atoms with Crippen LogP contribution in [0.5, 0.6) is 0 Å². The van der Waals surface area contributed by atoms with E-state index < -0.39 is 16.5 Å². The fraction of sp³-hybridized carbons (Fsp3) is 1.00. The molecule has 1 heterocycles. The molecule has 0 radical (unpaired) electrons. The number of hydrogen-bond acceptors (Lipinski definition) is 2. The molecule has 1 aliphatic heterocycles. The molecular weight excluding hydrogens is 378 g/mol. The molecule has 0 bridgehead atoms. The Morgan fingerprint density at radius 3 is 2.25 bits per heavy atom. The summed E-state index contributed by atoms with van der Waals surface area (Å²) in [4.78, 5) is 2.42. The van der Waals surface area contributed by atoms with Crippen LogP contribution in [0.4, 0.5) is 0 Å². The fourth-order valence-electron chi connectivity index (χ4n) is 1.48. The summed E-state index contributed by atoms with van der Waals surface area (Å²) in [5, 5.41) is 0. The fourth-order valence-corrected chi connectivity index (χ4v) is 1.48. The molecular formula is C7H16Cl2N2Pt. The third kappa shape index (κ3) is 4.43. The molecule has 0 spiro atoms. The summed E-state index contributed by atoms with van der Waals surface area (Å²) in [5.41, 5.74) is 5.80. The van der Waals surface area contributed by atoms with Crippen LogP contribution in [-0.4, -0.2) is 30.1 Å². The maximum atomic E-state index is 5.80. The van der Waals surface area contributed by atoms with Crippen LogP contribution in [0.2, 0.25) is 0 Å². The topological polar surface area (TPSA) is 29.3 Å². The number of nitrogens with two attached hydrogens (primary N) is 1. The first-order valence-corrected chi connectivity index (χ1v) is 9.62. The molecule has 1 fully saturated rings. The van der Waals surface area contributed by atoms with Crippen molar-refractivity contribution in [2.24, 2.45) is 5.73 Å². The van der Waals surface area contributed by atoms with Crippen LogP contribution in [0, 0.1) is 0 Å². The molecule has 0 saturated carbocycles. The number of nitrogens with zero attached hydrogens (tertiary/aromatic N) is 1. The molecule has 0 aromatic rings. The monoisotopic (exact) mass is 393 g/mol. The average molecular weight is 394 g/mol. The van der Waals surface area contributed by atoms with Gasteiger partial charge in [-0.25, -0.2) is 0 Å². The Morgan fingerprint density at radius 2 is 2.08 bits per heavy atom. The van der Waals surface area contributed by atoms with Crippen molar-refractivity contribution in [1.82, 2.24) is 4.90 Å². The summed E-state index contributed by atoms with van der Waals surface area (Å²) in [7, 11) is 9.75. The quantitative estimate of drug-likeness (QED) is 0.735. The molecule has 0 unspecified atom stereocenters. The molecule has 0 aromatic heterocycles. The van der Waals surface area contributed by atoms with Gasteiger partial charge in [0.05, 0.1) is 0 Å². The van der Waals surface area contributed by atoms with Gasteiger partial charge in [0, 0.05) is 12.1 Å². The van der Waals surface area contributed by atoms with Gasteiger partial charge in [-0.05, 0) is 26.4 Å². The first-order chi connectivity index (χ1) is 5.67. The normalized spacial score (nSPS) is 30.1. The van der Waals surface area contributed by atoms with Gasteiger partial charge < -0.3 is 5.73 Å². The van der Waals surface area contributed by atoms with Crippen molar-refractivity contribution in [1.29, 1.82) is 0 Å². The molecule has 1 aliphatic rings. The molecule has 78 valence electrons. The van der Waals surface area contributed by atoms with Gasteiger partial charge in [-0.2, -0.15) is 0 Å². The predicted molar refractivity (Wildman–Crippen MR) is 51.0 cm³/mol. The third-order valence-corrected chi connectivity index (χ3v) is 2.35. The van der Waals surface area contributed by atoms with Crippen molar-refractivity contribution < 1.29 is 16.5 Å². The first kappa shape index (κ1) is 13.2. The molecule has 0 amide bonds. The Labute approximate surface area is 91.2 Å². The van der Waals surface area contributed by atoms with Crippen molar-refractivity contribution >= 4 is 18.8 Å². The number of hydrogen-bond donors (Lipinski definition) is 1. The van der Waals surface area contributed by atoms with Crippen molar-refractivity contribution in [3.05, 3.63) is 0 Å². The van der Waals surface area contributed by atoms with Gasteiger partial charge in [-0.3, -0.25) is 4.90 Å². The zero-order valence-corrected chi connectivity index (χ0v) is 11.2. The minimum absolute atomic E-state index is 0.421. The Kier molecular flexibility index (Phi) is 8.33. The number of halogens is 2. The Morgan fingerprint density at radius 1 is 1.58 bits per heavy atom. The van der Waals surface area contributed by atoms with E-state index in [1.54, 1.807) is 0 Å². The van der Waals surface area contributed by atoms with E-state index in [1.165, 1.54) is 13.0 Å². The number of rotatable bonds is 1. The second-order valence-electron chi connectivity index (χ2n) is 2.87. The summed E-state index contributed by atoms with van der Waals surface area (Å²) in [6.07, 6.45) is 1.18. The molecule has 2 nitrogen and oxygen atoms in total. The number of likely N-dealkylation sites (tertiary alicyclic amines) is 1. The van der Waals surface area contributed by atoms with E-state index in [-0.39, 0.29) is 0 Å². The zero-order chi connectivity index (χ0) is 9.56.